The lowest BCUT2D eigenvalue weighted by Gasteiger charge is -2.07. The Labute approximate surface area is 82.4 Å². The third kappa shape index (κ3) is 1.76. The summed E-state index contributed by atoms with van der Waals surface area (Å²) >= 11 is 0. The molecule has 1 aliphatic rings. The predicted octanol–water partition coefficient (Wildman–Crippen LogP) is 2.38. The van der Waals surface area contributed by atoms with Crippen LogP contribution in [0, 0.1) is 5.82 Å². The first-order chi connectivity index (χ1) is 6.57. The van der Waals surface area contributed by atoms with E-state index in [4.69, 9.17) is 4.74 Å². The molecule has 0 spiro atoms. The van der Waals surface area contributed by atoms with Crippen LogP contribution in [0.25, 0.3) is 0 Å². The molecular formula is C11H12FNO. The Bertz CT molecular complexity index is 367. The van der Waals surface area contributed by atoms with Gasteiger partial charge in [0, 0.05) is 5.56 Å². The van der Waals surface area contributed by atoms with Crippen molar-refractivity contribution < 1.29 is 9.13 Å². The van der Waals surface area contributed by atoms with Crippen molar-refractivity contribution >= 4 is 5.90 Å². The first-order valence-corrected chi connectivity index (χ1v) is 4.55. The quantitative estimate of drug-likeness (QED) is 0.671. The number of benzene rings is 1. The summed E-state index contributed by atoms with van der Waals surface area (Å²) in [5, 5.41) is 0. The van der Waals surface area contributed by atoms with Crippen LogP contribution in [0.15, 0.2) is 29.3 Å². The van der Waals surface area contributed by atoms with Gasteiger partial charge >= 0.3 is 0 Å². The summed E-state index contributed by atoms with van der Waals surface area (Å²) in [7, 11) is 0. The third-order valence-corrected chi connectivity index (χ3v) is 2.06. The monoisotopic (exact) mass is 193 g/mol. The number of hydrogen-bond acceptors (Lipinski definition) is 2. The van der Waals surface area contributed by atoms with Crippen molar-refractivity contribution in [3.05, 3.63) is 35.6 Å². The van der Waals surface area contributed by atoms with E-state index in [0.717, 1.165) is 5.56 Å². The number of halogens is 1. The fraction of sp³-hybridized carbons (Fsp3) is 0.364. The highest BCUT2D eigenvalue weighted by Gasteiger charge is 2.26. The van der Waals surface area contributed by atoms with Gasteiger partial charge in [0.1, 0.15) is 12.4 Å². The molecule has 1 aliphatic heterocycles. The van der Waals surface area contributed by atoms with E-state index in [2.05, 4.69) is 4.99 Å². The van der Waals surface area contributed by atoms with Crippen LogP contribution in [0.4, 0.5) is 4.39 Å². The summed E-state index contributed by atoms with van der Waals surface area (Å²) < 4.78 is 18.1. The van der Waals surface area contributed by atoms with E-state index in [1.165, 1.54) is 12.1 Å². The van der Waals surface area contributed by atoms with E-state index in [9.17, 15) is 4.39 Å². The summed E-state index contributed by atoms with van der Waals surface area (Å²) in [4.78, 5) is 4.39. The molecule has 3 heteroatoms. The van der Waals surface area contributed by atoms with E-state index in [1.54, 1.807) is 12.1 Å². The molecule has 2 rings (SSSR count). The van der Waals surface area contributed by atoms with Crippen molar-refractivity contribution in [3.8, 4) is 0 Å². The molecule has 0 aliphatic carbocycles. The minimum Gasteiger partial charge on any atom is -0.475 e. The van der Waals surface area contributed by atoms with Crippen LogP contribution in [0.2, 0.25) is 0 Å². The van der Waals surface area contributed by atoms with Crippen LogP contribution < -0.4 is 0 Å². The lowest BCUT2D eigenvalue weighted by atomic mass is 10.1. The van der Waals surface area contributed by atoms with Crippen molar-refractivity contribution in [1.29, 1.82) is 0 Å². The Morgan fingerprint density at radius 2 is 1.93 bits per heavy atom. The van der Waals surface area contributed by atoms with Crippen molar-refractivity contribution in [2.24, 2.45) is 4.99 Å². The van der Waals surface area contributed by atoms with Gasteiger partial charge in [-0.15, -0.1) is 0 Å². The van der Waals surface area contributed by atoms with Crippen LogP contribution in [0.1, 0.15) is 19.4 Å². The smallest absolute Gasteiger partial charge is 0.216 e. The average Bonchev–Trinajstić information content (AvgIpc) is 2.47. The zero-order valence-electron chi connectivity index (χ0n) is 8.25. The fourth-order valence-electron chi connectivity index (χ4n) is 1.32. The molecule has 1 aromatic carbocycles. The maximum absolute atomic E-state index is 12.6. The fourth-order valence-corrected chi connectivity index (χ4v) is 1.32. The highest BCUT2D eigenvalue weighted by atomic mass is 19.1. The number of ether oxygens (including phenoxy) is 1. The lowest BCUT2D eigenvalue weighted by Crippen LogP contribution is -2.17. The number of aliphatic imine (C=N–C) groups is 1. The molecule has 0 fully saturated rings. The molecule has 74 valence electrons. The summed E-state index contributed by atoms with van der Waals surface area (Å²) in [5.74, 6) is 0.363. The molecule has 0 radical (unpaired) electrons. The van der Waals surface area contributed by atoms with E-state index in [1.807, 2.05) is 13.8 Å². The normalized spacial score (nSPS) is 18.9. The number of hydrogen-bond donors (Lipinski definition) is 0. The van der Waals surface area contributed by atoms with Crippen molar-refractivity contribution in [2.45, 2.75) is 19.4 Å². The second-order valence-corrected chi connectivity index (χ2v) is 4.02. The average molecular weight is 193 g/mol. The second kappa shape index (κ2) is 3.08. The SMILES string of the molecule is CC1(C)COC(c2ccc(F)cc2)=N1. The summed E-state index contributed by atoms with van der Waals surface area (Å²) in [6.45, 7) is 4.59. The molecule has 14 heavy (non-hydrogen) atoms. The zero-order valence-corrected chi connectivity index (χ0v) is 8.25. The van der Waals surface area contributed by atoms with Gasteiger partial charge in [-0.2, -0.15) is 0 Å². The first kappa shape index (κ1) is 9.19. The molecule has 1 heterocycles. The Morgan fingerprint density at radius 3 is 2.43 bits per heavy atom. The molecule has 0 saturated heterocycles. The second-order valence-electron chi connectivity index (χ2n) is 4.02. The van der Waals surface area contributed by atoms with Gasteiger partial charge in [0.2, 0.25) is 5.90 Å². The molecule has 0 atom stereocenters. The molecule has 0 bridgehead atoms. The summed E-state index contributed by atoms with van der Waals surface area (Å²) in [6.07, 6.45) is 0. The zero-order chi connectivity index (χ0) is 10.2. The van der Waals surface area contributed by atoms with E-state index >= 15 is 0 Å². The van der Waals surface area contributed by atoms with Gasteiger partial charge in [-0.1, -0.05) is 0 Å². The van der Waals surface area contributed by atoms with E-state index in [-0.39, 0.29) is 11.4 Å². The topological polar surface area (TPSA) is 21.6 Å². The Morgan fingerprint density at radius 1 is 1.29 bits per heavy atom. The highest BCUT2D eigenvalue weighted by Crippen LogP contribution is 2.20. The van der Waals surface area contributed by atoms with Crippen molar-refractivity contribution in [3.63, 3.8) is 0 Å². The molecule has 0 N–H and O–H groups in total. The van der Waals surface area contributed by atoms with Gasteiger partial charge in [-0.05, 0) is 38.1 Å². The maximum atomic E-state index is 12.6. The third-order valence-electron chi connectivity index (χ3n) is 2.06. The van der Waals surface area contributed by atoms with E-state index < -0.39 is 0 Å². The van der Waals surface area contributed by atoms with Gasteiger partial charge in [-0.3, -0.25) is 0 Å². The first-order valence-electron chi connectivity index (χ1n) is 4.55. The largest absolute Gasteiger partial charge is 0.475 e. The van der Waals surface area contributed by atoms with E-state index in [0.29, 0.717) is 12.5 Å². The number of rotatable bonds is 1. The molecule has 1 aromatic rings. The van der Waals surface area contributed by atoms with Crippen LogP contribution in [-0.2, 0) is 4.74 Å². The van der Waals surface area contributed by atoms with Crippen molar-refractivity contribution in [1.82, 2.24) is 0 Å². The molecule has 2 nitrogen and oxygen atoms in total. The Hall–Kier alpha value is -1.38. The van der Waals surface area contributed by atoms with Gasteiger partial charge in [0.25, 0.3) is 0 Å². The molecular weight excluding hydrogens is 181 g/mol. The van der Waals surface area contributed by atoms with Crippen LogP contribution in [-0.4, -0.2) is 18.0 Å². The molecule has 0 unspecified atom stereocenters. The van der Waals surface area contributed by atoms with Crippen molar-refractivity contribution in [2.75, 3.05) is 6.61 Å². The predicted molar refractivity (Wildman–Crippen MR) is 53.0 cm³/mol. The van der Waals surface area contributed by atoms with Crippen LogP contribution in [0.3, 0.4) is 0 Å². The van der Waals surface area contributed by atoms with Gasteiger partial charge < -0.3 is 4.74 Å². The Kier molecular flexibility index (Phi) is 2.02. The molecule has 0 saturated carbocycles. The standard InChI is InChI=1S/C11H12FNO/c1-11(2)7-14-10(13-11)8-3-5-9(12)6-4-8/h3-6H,7H2,1-2H3. The maximum Gasteiger partial charge on any atom is 0.216 e. The molecule has 0 aromatic heterocycles. The Balaban J connectivity index is 2.29. The highest BCUT2D eigenvalue weighted by molar-refractivity contribution is 5.95. The summed E-state index contributed by atoms with van der Waals surface area (Å²) in [6, 6.07) is 6.17. The summed E-state index contributed by atoms with van der Waals surface area (Å²) in [5.41, 5.74) is 0.668. The van der Waals surface area contributed by atoms with Gasteiger partial charge in [0.05, 0.1) is 5.54 Å². The van der Waals surface area contributed by atoms with Gasteiger partial charge in [0.15, 0.2) is 0 Å². The minimum atomic E-state index is -0.244. The lowest BCUT2D eigenvalue weighted by molar-refractivity contribution is 0.279. The van der Waals surface area contributed by atoms with Gasteiger partial charge in [-0.25, -0.2) is 9.38 Å². The minimum absolute atomic E-state index is 0.163. The molecule has 0 amide bonds. The van der Waals surface area contributed by atoms with Crippen LogP contribution in [0.5, 0.6) is 0 Å². The number of nitrogens with zero attached hydrogens (tertiary/aromatic N) is 1. The van der Waals surface area contributed by atoms with Crippen LogP contribution >= 0.6 is 0 Å².